The van der Waals surface area contributed by atoms with Crippen molar-refractivity contribution in [3.63, 3.8) is 0 Å². The van der Waals surface area contributed by atoms with Gasteiger partial charge in [0, 0.05) is 10.4 Å². The second-order valence-corrected chi connectivity index (χ2v) is 7.47. The molecule has 0 saturated carbocycles. The highest BCUT2D eigenvalue weighted by molar-refractivity contribution is 7.22. The number of thiazole rings is 1. The van der Waals surface area contributed by atoms with Gasteiger partial charge in [0.2, 0.25) is 0 Å². The highest BCUT2D eigenvalue weighted by Gasteiger charge is 2.22. The van der Waals surface area contributed by atoms with Gasteiger partial charge in [0.15, 0.2) is 0 Å². The first-order valence-corrected chi connectivity index (χ1v) is 8.74. The summed E-state index contributed by atoms with van der Waals surface area (Å²) >= 11 is 3.46. The standard InChI is InChI=1S/C16H16N2OS2/c1-19-9-6-7-11-13(8-9)21-16(18-11)14-10-4-2-3-5-12(10)20-15(14)17/h6-8H,2-5,17H2,1H3. The molecule has 2 N–H and O–H groups in total. The largest absolute Gasteiger partial charge is 0.497 e. The number of fused-ring (bicyclic) bond motifs is 2. The molecule has 0 bridgehead atoms. The molecule has 3 nitrogen and oxygen atoms in total. The van der Waals surface area contributed by atoms with Gasteiger partial charge < -0.3 is 10.5 Å². The topological polar surface area (TPSA) is 48.1 Å². The summed E-state index contributed by atoms with van der Waals surface area (Å²) in [5.74, 6) is 0.873. The van der Waals surface area contributed by atoms with E-state index in [-0.39, 0.29) is 0 Å². The lowest BCUT2D eigenvalue weighted by molar-refractivity contribution is 0.415. The minimum atomic E-state index is 0.873. The number of nitrogens with zero attached hydrogens (tertiary/aromatic N) is 1. The van der Waals surface area contributed by atoms with Crippen molar-refractivity contribution in [3.8, 4) is 16.3 Å². The summed E-state index contributed by atoms with van der Waals surface area (Å²) in [6.45, 7) is 0. The van der Waals surface area contributed by atoms with Crippen LogP contribution in [0.15, 0.2) is 18.2 Å². The molecule has 0 fully saturated rings. The fraction of sp³-hybridized carbons (Fsp3) is 0.312. The second kappa shape index (κ2) is 5.00. The Labute approximate surface area is 131 Å². The van der Waals surface area contributed by atoms with Crippen LogP contribution >= 0.6 is 22.7 Å². The molecule has 0 amide bonds. The van der Waals surface area contributed by atoms with Crippen molar-refractivity contribution in [1.29, 1.82) is 0 Å². The Hall–Kier alpha value is -1.59. The van der Waals surface area contributed by atoms with Gasteiger partial charge in [0.1, 0.15) is 10.8 Å². The summed E-state index contributed by atoms with van der Waals surface area (Å²) in [6.07, 6.45) is 4.85. The normalized spacial score (nSPS) is 14.3. The Morgan fingerprint density at radius 3 is 2.90 bits per heavy atom. The Balaban J connectivity index is 1.88. The van der Waals surface area contributed by atoms with Crippen LogP contribution in [-0.2, 0) is 12.8 Å². The van der Waals surface area contributed by atoms with Gasteiger partial charge in [-0.1, -0.05) is 0 Å². The first kappa shape index (κ1) is 13.1. The minimum absolute atomic E-state index is 0.873. The average molecular weight is 316 g/mol. The summed E-state index contributed by atoms with van der Waals surface area (Å²) in [7, 11) is 1.69. The molecule has 21 heavy (non-hydrogen) atoms. The Bertz CT molecular complexity index is 819. The molecule has 0 radical (unpaired) electrons. The highest BCUT2D eigenvalue weighted by Crippen LogP contribution is 2.44. The molecule has 1 aliphatic rings. The van der Waals surface area contributed by atoms with Gasteiger partial charge in [-0.15, -0.1) is 22.7 Å². The summed E-state index contributed by atoms with van der Waals surface area (Å²) < 4.78 is 6.45. The lowest BCUT2D eigenvalue weighted by Crippen LogP contribution is -1.99. The van der Waals surface area contributed by atoms with Crippen molar-refractivity contribution in [2.75, 3.05) is 12.8 Å². The molecule has 5 heteroatoms. The van der Waals surface area contributed by atoms with Crippen LogP contribution in [0.2, 0.25) is 0 Å². The van der Waals surface area contributed by atoms with Crippen LogP contribution in [0.5, 0.6) is 5.75 Å². The fourth-order valence-corrected chi connectivity index (χ4v) is 5.27. The molecule has 0 atom stereocenters. The van der Waals surface area contributed by atoms with E-state index in [0.717, 1.165) is 32.4 Å². The number of aryl methyl sites for hydroxylation is 1. The highest BCUT2D eigenvalue weighted by atomic mass is 32.1. The number of thiophene rings is 1. The fourth-order valence-electron chi connectivity index (χ4n) is 2.96. The molecular formula is C16H16N2OS2. The van der Waals surface area contributed by atoms with E-state index in [2.05, 4.69) is 0 Å². The molecule has 4 rings (SSSR count). The van der Waals surface area contributed by atoms with E-state index >= 15 is 0 Å². The third-order valence-corrected chi connectivity index (χ3v) is 6.16. The van der Waals surface area contributed by atoms with Gasteiger partial charge in [0.05, 0.1) is 22.3 Å². The van der Waals surface area contributed by atoms with Gasteiger partial charge in [-0.3, -0.25) is 0 Å². The summed E-state index contributed by atoms with van der Waals surface area (Å²) in [5, 5.41) is 1.98. The van der Waals surface area contributed by atoms with Gasteiger partial charge in [-0.05, 0) is 49.4 Å². The molecule has 1 aromatic carbocycles. The smallest absolute Gasteiger partial charge is 0.127 e. The Morgan fingerprint density at radius 2 is 2.05 bits per heavy atom. The molecule has 0 aliphatic heterocycles. The van der Waals surface area contributed by atoms with Crippen LogP contribution in [0, 0.1) is 0 Å². The maximum absolute atomic E-state index is 6.29. The number of benzene rings is 1. The minimum Gasteiger partial charge on any atom is -0.497 e. The molecule has 0 saturated heterocycles. The van der Waals surface area contributed by atoms with Crippen molar-refractivity contribution in [2.24, 2.45) is 0 Å². The van der Waals surface area contributed by atoms with Crippen LogP contribution in [-0.4, -0.2) is 12.1 Å². The monoisotopic (exact) mass is 316 g/mol. The zero-order valence-corrected chi connectivity index (χ0v) is 13.4. The number of ether oxygens (including phenoxy) is 1. The van der Waals surface area contributed by atoms with Gasteiger partial charge in [-0.25, -0.2) is 4.98 Å². The molecule has 108 valence electrons. The van der Waals surface area contributed by atoms with Crippen LogP contribution < -0.4 is 10.5 Å². The Morgan fingerprint density at radius 1 is 1.19 bits per heavy atom. The Kier molecular flexibility index (Phi) is 3.12. The second-order valence-electron chi connectivity index (χ2n) is 5.30. The molecule has 3 aromatic rings. The number of hydrogen-bond acceptors (Lipinski definition) is 5. The number of nitrogen functional groups attached to an aromatic ring is 1. The van der Waals surface area contributed by atoms with Crippen molar-refractivity contribution in [1.82, 2.24) is 4.98 Å². The zero-order chi connectivity index (χ0) is 14.4. The number of aromatic nitrogens is 1. The van der Waals surface area contributed by atoms with Crippen molar-refractivity contribution in [3.05, 3.63) is 28.6 Å². The molecule has 2 heterocycles. The number of methoxy groups -OCH3 is 1. The van der Waals surface area contributed by atoms with Crippen molar-refractivity contribution in [2.45, 2.75) is 25.7 Å². The summed E-state index contributed by atoms with van der Waals surface area (Å²) in [5.41, 5.74) is 9.94. The van der Waals surface area contributed by atoms with Crippen LogP contribution in [0.3, 0.4) is 0 Å². The van der Waals surface area contributed by atoms with E-state index in [0.29, 0.717) is 0 Å². The van der Waals surface area contributed by atoms with E-state index in [9.17, 15) is 0 Å². The maximum atomic E-state index is 6.29. The number of anilines is 1. The quantitative estimate of drug-likeness (QED) is 0.757. The van der Waals surface area contributed by atoms with Crippen molar-refractivity contribution < 1.29 is 4.74 Å². The number of nitrogens with two attached hydrogens (primary N) is 1. The lowest BCUT2D eigenvalue weighted by atomic mass is 9.96. The maximum Gasteiger partial charge on any atom is 0.127 e. The third kappa shape index (κ3) is 2.12. The van der Waals surface area contributed by atoms with Gasteiger partial charge >= 0.3 is 0 Å². The molecule has 2 aromatic heterocycles. The molecular weight excluding hydrogens is 300 g/mol. The summed E-state index contributed by atoms with van der Waals surface area (Å²) in [4.78, 5) is 6.25. The number of rotatable bonds is 2. The third-order valence-electron chi connectivity index (χ3n) is 4.01. The lowest BCUT2D eigenvalue weighted by Gasteiger charge is -2.11. The van der Waals surface area contributed by atoms with E-state index in [1.807, 2.05) is 18.2 Å². The predicted octanol–water partition coefficient (Wildman–Crippen LogP) is 4.49. The first-order valence-electron chi connectivity index (χ1n) is 7.11. The van der Waals surface area contributed by atoms with Crippen LogP contribution in [0.4, 0.5) is 5.00 Å². The molecule has 0 unspecified atom stereocenters. The van der Waals surface area contributed by atoms with Crippen LogP contribution in [0.25, 0.3) is 20.8 Å². The SMILES string of the molecule is COc1ccc2nc(-c3c(N)sc4c3CCCC4)sc2c1. The predicted molar refractivity (Wildman–Crippen MR) is 90.5 cm³/mol. The van der Waals surface area contributed by atoms with E-state index in [4.69, 9.17) is 15.5 Å². The van der Waals surface area contributed by atoms with Crippen molar-refractivity contribution >= 4 is 37.9 Å². The molecule has 0 spiro atoms. The van der Waals surface area contributed by atoms with Gasteiger partial charge in [-0.2, -0.15) is 0 Å². The zero-order valence-electron chi connectivity index (χ0n) is 11.8. The van der Waals surface area contributed by atoms with E-state index < -0.39 is 0 Å². The van der Waals surface area contributed by atoms with Crippen LogP contribution in [0.1, 0.15) is 23.3 Å². The average Bonchev–Trinajstić information content (AvgIpc) is 3.05. The van der Waals surface area contributed by atoms with E-state index in [1.54, 1.807) is 29.8 Å². The first-order chi connectivity index (χ1) is 10.3. The van der Waals surface area contributed by atoms with E-state index in [1.165, 1.54) is 35.3 Å². The van der Waals surface area contributed by atoms with Gasteiger partial charge in [0.25, 0.3) is 0 Å². The summed E-state index contributed by atoms with van der Waals surface area (Å²) in [6, 6.07) is 6.02. The molecule has 1 aliphatic carbocycles. The number of hydrogen-bond donors (Lipinski definition) is 1.